The third-order valence-electron chi connectivity index (χ3n) is 5.92. The highest BCUT2D eigenvalue weighted by molar-refractivity contribution is 7.92. The maximum Gasteiger partial charge on any atom is 0.267 e. The third-order valence-corrected chi connectivity index (χ3v) is 8.49. The van der Waals surface area contributed by atoms with E-state index in [0.717, 1.165) is 47.5 Å². The van der Waals surface area contributed by atoms with Crippen LogP contribution in [0.25, 0.3) is 22.4 Å². The topological polar surface area (TPSA) is 133 Å². The largest absolute Gasteiger partial charge is 0.388 e. The molecule has 0 atom stereocenters. The van der Waals surface area contributed by atoms with Crippen molar-refractivity contribution >= 4 is 44.4 Å². The SMILES string of the molecule is C=C1/C=C(c2sc(/C(C=N)=C/NN)nc2-c2cccc(NS(=O)(=O)c3c(F)cccc3F)c2F)\C=C/C/C=C\1NC. The zero-order valence-electron chi connectivity index (χ0n) is 21.6. The van der Waals surface area contributed by atoms with Gasteiger partial charge in [-0.2, -0.15) is 0 Å². The molecular weight excluding hydrogens is 573 g/mol. The highest BCUT2D eigenvalue weighted by Crippen LogP contribution is 2.40. The van der Waals surface area contributed by atoms with Crippen LogP contribution in [-0.4, -0.2) is 26.7 Å². The Morgan fingerprint density at radius 2 is 1.88 bits per heavy atom. The van der Waals surface area contributed by atoms with E-state index in [1.807, 2.05) is 23.0 Å². The number of rotatable bonds is 9. The maximum absolute atomic E-state index is 16.0. The van der Waals surface area contributed by atoms with Gasteiger partial charge in [0.15, 0.2) is 10.7 Å². The summed E-state index contributed by atoms with van der Waals surface area (Å²) in [7, 11) is -3.07. The van der Waals surface area contributed by atoms with Gasteiger partial charge in [-0.3, -0.25) is 10.6 Å². The number of nitrogens with one attached hydrogen (secondary N) is 4. The molecule has 6 N–H and O–H groups in total. The molecule has 1 aromatic heterocycles. The average Bonchev–Trinajstić information content (AvgIpc) is 3.35. The first-order valence-electron chi connectivity index (χ1n) is 12.0. The molecule has 0 radical (unpaired) electrons. The quantitative estimate of drug-likeness (QED) is 0.126. The Bertz CT molecular complexity index is 1740. The van der Waals surface area contributed by atoms with Crippen molar-refractivity contribution < 1.29 is 21.6 Å². The van der Waals surface area contributed by atoms with E-state index in [4.69, 9.17) is 11.3 Å². The summed E-state index contributed by atoms with van der Waals surface area (Å²) in [4.78, 5) is 3.85. The van der Waals surface area contributed by atoms with E-state index in [9.17, 15) is 17.2 Å². The Balaban J connectivity index is 1.89. The van der Waals surface area contributed by atoms with Crippen molar-refractivity contribution in [2.75, 3.05) is 11.8 Å². The van der Waals surface area contributed by atoms with E-state index in [1.165, 1.54) is 18.3 Å². The summed E-state index contributed by atoms with van der Waals surface area (Å²) in [5.74, 6) is 1.76. The number of sulfonamides is 1. The fourth-order valence-corrected chi connectivity index (χ4v) is 6.30. The van der Waals surface area contributed by atoms with E-state index in [-0.39, 0.29) is 11.3 Å². The first-order chi connectivity index (χ1) is 19.6. The molecule has 2 aromatic carbocycles. The molecule has 3 aromatic rings. The predicted molar refractivity (Wildman–Crippen MR) is 157 cm³/mol. The number of allylic oxidation sites excluding steroid dienone is 6. The van der Waals surface area contributed by atoms with Gasteiger partial charge < -0.3 is 16.2 Å². The van der Waals surface area contributed by atoms with Crippen LogP contribution < -0.4 is 21.3 Å². The Hall–Kier alpha value is -4.46. The lowest BCUT2D eigenvalue weighted by molar-refractivity contribution is 0.521. The first-order valence-corrected chi connectivity index (χ1v) is 14.3. The summed E-state index contributed by atoms with van der Waals surface area (Å²) in [6, 6.07) is 6.51. The zero-order chi connectivity index (χ0) is 29.7. The molecule has 0 saturated carbocycles. The van der Waals surface area contributed by atoms with Crippen LogP contribution in [0.2, 0.25) is 0 Å². The molecule has 8 nitrogen and oxygen atoms in total. The van der Waals surface area contributed by atoms with Gasteiger partial charge in [0, 0.05) is 36.3 Å². The number of benzene rings is 2. The number of hydrogen-bond acceptors (Lipinski definition) is 8. The molecule has 1 heterocycles. The Morgan fingerprint density at radius 3 is 2.54 bits per heavy atom. The number of hydrazine groups is 1. The van der Waals surface area contributed by atoms with Gasteiger partial charge in [-0.05, 0) is 47.9 Å². The van der Waals surface area contributed by atoms with Gasteiger partial charge in [0.2, 0.25) is 0 Å². The normalized spacial score (nSPS) is 17.4. The van der Waals surface area contributed by atoms with E-state index >= 15 is 4.39 Å². The van der Waals surface area contributed by atoms with Crippen molar-refractivity contribution in [3.05, 3.63) is 112 Å². The summed E-state index contributed by atoms with van der Waals surface area (Å²) in [6.07, 6.45) is 10.5. The second-order valence-corrected chi connectivity index (χ2v) is 11.2. The fraction of sp³-hybridized carbons (Fsp3) is 0.0714. The van der Waals surface area contributed by atoms with Crippen molar-refractivity contribution in [2.45, 2.75) is 11.3 Å². The smallest absolute Gasteiger partial charge is 0.267 e. The lowest BCUT2D eigenvalue weighted by Gasteiger charge is -2.13. The van der Waals surface area contributed by atoms with Crippen molar-refractivity contribution in [3.63, 3.8) is 0 Å². The van der Waals surface area contributed by atoms with Crippen LogP contribution >= 0.6 is 11.3 Å². The lowest BCUT2D eigenvalue weighted by Crippen LogP contribution is -2.17. The molecule has 4 rings (SSSR count). The molecule has 41 heavy (non-hydrogen) atoms. The van der Waals surface area contributed by atoms with Gasteiger partial charge in [0.1, 0.15) is 16.6 Å². The number of hydrogen-bond donors (Lipinski definition) is 5. The molecule has 0 aliphatic heterocycles. The number of aromatic nitrogens is 1. The molecule has 0 amide bonds. The summed E-state index contributed by atoms with van der Waals surface area (Å²) in [5, 5.41) is 11.2. The minimum atomic E-state index is -4.84. The third kappa shape index (κ3) is 6.16. The summed E-state index contributed by atoms with van der Waals surface area (Å²) in [5.41, 5.74) is 4.28. The maximum atomic E-state index is 16.0. The Morgan fingerprint density at radius 1 is 1.17 bits per heavy atom. The number of thiazole rings is 1. The lowest BCUT2D eigenvalue weighted by atomic mass is 10.0. The molecule has 13 heteroatoms. The zero-order valence-corrected chi connectivity index (χ0v) is 23.3. The van der Waals surface area contributed by atoms with E-state index < -0.39 is 38.1 Å². The number of halogens is 3. The minimum absolute atomic E-state index is 0.0897. The van der Waals surface area contributed by atoms with Crippen molar-refractivity contribution in [1.82, 2.24) is 15.7 Å². The van der Waals surface area contributed by atoms with Gasteiger partial charge in [-0.15, -0.1) is 11.3 Å². The minimum Gasteiger partial charge on any atom is -0.388 e. The molecule has 0 bridgehead atoms. The fourth-order valence-electron chi connectivity index (χ4n) is 4.03. The number of nitrogens with two attached hydrogens (primary N) is 1. The molecule has 0 spiro atoms. The van der Waals surface area contributed by atoms with Crippen LogP contribution in [0.1, 0.15) is 16.3 Å². The molecule has 0 fully saturated rings. The number of nitrogens with zero attached hydrogens (tertiary/aromatic N) is 1. The second-order valence-electron chi connectivity index (χ2n) is 8.56. The van der Waals surface area contributed by atoms with Crippen molar-refractivity contribution in [1.29, 1.82) is 5.41 Å². The van der Waals surface area contributed by atoms with Gasteiger partial charge >= 0.3 is 0 Å². The van der Waals surface area contributed by atoms with Crippen LogP contribution in [0.4, 0.5) is 18.9 Å². The number of likely N-dealkylation sites (N-methyl/N-ethyl adjacent to an activating group) is 1. The molecule has 1 aliphatic carbocycles. The molecule has 0 saturated heterocycles. The molecule has 212 valence electrons. The van der Waals surface area contributed by atoms with Gasteiger partial charge in [-0.25, -0.2) is 26.6 Å². The molecular formula is C28H25F3N6O2S2. The van der Waals surface area contributed by atoms with Crippen molar-refractivity contribution in [2.24, 2.45) is 5.84 Å². The molecule has 1 aliphatic rings. The predicted octanol–water partition coefficient (Wildman–Crippen LogP) is 5.48. The van der Waals surface area contributed by atoms with Crippen LogP contribution in [0.5, 0.6) is 0 Å². The molecule has 0 unspecified atom stereocenters. The van der Waals surface area contributed by atoms with Crippen LogP contribution in [0.15, 0.2) is 89.6 Å². The van der Waals surface area contributed by atoms with Gasteiger partial charge in [0.05, 0.1) is 16.3 Å². The summed E-state index contributed by atoms with van der Waals surface area (Å²) < 4.78 is 72.2. The monoisotopic (exact) mass is 598 g/mol. The average molecular weight is 599 g/mol. The van der Waals surface area contributed by atoms with E-state index in [1.54, 1.807) is 13.1 Å². The Kier molecular flexibility index (Phi) is 8.91. The Labute approximate surface area is 239 Å². The first kappa shape index (κ1) is 29.5. The van der Waals surface area contributed by atoms with Gasteiger partial charge in [-0.1, -0.05) is 36.9 Å². The summed E-state index contributed by atoms with van der Waals surface area (Å²) >= 11 is 1.16. The standard InChI is InChI=1S/C28H25F3N6O2S2/c1-16-13-17(7-3-4-11-22(16)34-2)26-25(36-28(40-26)18(14-32)15-35-33)19-8-5-12-23(24(19)31)37-41(38,39)27-20(29)9-6-10-21(27)30/h3,5-15,32,34-35,37H,1,4,33H2,2H3/b7-3-,17-13+,18-15+,22-11+,32-14?. The van der Waals surface area contributed by atoms with E-state index in [2.05, 4.69) is 22.3 Å². The van der Waals surface area contributed by atoms with Crippen LogP contribution in [-0.2, 0) is 10.0 Å². The van der Waals surface area contributed by atoms with Crippen molar-refractivity contribution in [3.8, 4) is 11.3 Å². The van der Waals surface area contributed by atoms with Crippen LogP contribution in [0.3, 0.4) is 0 Å². The summed E-state index contributed by atoms with van der Waals surface area (Å²) in [6.45, 7) is 4.11. The van der Waals surface area contributed by atoms with Gasteiger partial charge in [0.25, 0.3) is 10.0 Å². The number of anilines is 1. The van der Waals surface area contributed by atoms with E-state index in [0.29, 0.717) is 33.0 Å². The highest BCUT2D eigenvalue weighted by atomic mass is 32.2. The second kappa shape index (κ2) is 12.4. The highest BCUT2D eigenvalue weighted by Gasteiger charge is 2.27. The van der Waals surface area contributed by atoms with Crippen LogP contribution in [0, 0.1) is 22.9 Å².